The number of amides is 1. The Morgan fingerprint density at radius 3 is 2.91 bits per heavy atom. The zero-order valence-electron chi connectivity index (χ0n) is 14.2. The highest BCUT2D eigenvalue weighted by atomic mass is 16.2. The highest BCUT2D eigenvalue weighted by molar-refractivity contribution is 5.78. The van der Waals surface area contributed by atoms with Gasteiger partial charge in [-0.25, -0.2) is 0 Å². The molecule has 0 radical (unpaired) electrons. The van der Waals surface area contributed by atoms with Gasteiger partial charge in [-0.2, -0.15) is 10.2 Å². The lowest BCUT2D eigenvalue weighted by molar-refractivity contribution is -0.129. The smallest absolute Gasteiger partial charge is 0.228 e. The summed E-state index contributed by atoms with van der Waals surface area (Å²) in [4.78, 5) is 14.3. The van der Waals surface area contributed by atoms with Crippen molar-refractivity contribution in [3.05, 3.63) is 23.0 Å². The first-order chi connectivity index (χ1) is 11.2. The van der Waals surface area contributed by atoms with Gasteiger partial charge in [-0.05, 0) is 62.6 Å². The zero-order chi connectivity index (χ0) is 16.1. The lowest BCUT2D eigenvalue weighted by Gasteiger charge is -2.27. The molecule has 0 unspecified atom stereocenters. The summed E-state index contributed by atoms with van der Waals surface area (Å²) in [5, 5.41) is 11.9. The van der Waals surface area contributed by atoms with E-state index in [2.05, 4.69) is 15.5 Å². The molecule has 0 spiro atoms. The third kappa shape index (κ3) is 4.28. The van der Waals surface area contributed by atoms with E-state index in [-0.39, 0.29) is 5.91 Å². The summed E-state index contributed by atoms with van der Waals surface area (Å²) in [6.07, 6.45) is 11.8. The summed E-state index contributed by atoms with van der Waals surface area (Å²) in [7, 11) is 1.90. The van der Waals surface area contributed by atoms with Crippen molar-refractivity contribution in [3.63, 3.8) is 0 Å². The van der Waals surface area contributed by atoms with Gasteiger partial charge in [0, 0.05) is 19.6 Å². The number of hydrogen-bond donors (Lipinski definition) is 1. The Morgan fingerprint density at radius 1 is 1.30 bits per heavy atom. The van der Waals surface area contributed by atoms with Crippen LogP contribution in [0, 0.1) is 0 Å². The predicted molar refractivity (Wildman–Crippen MR) is 90.3 cm³/mol. The van der Waals surface area contributed by atoms with Gasteiger partial charge >= 0.3 is 0 Å². The van der Waals surface area contributed by atoms with Crippen LogP contribution >= 0.6 is 0 Å². The van der Waals surface area contributed by atoms with E-state index in [1.54, 1.807) is 0 Å². The molecule has 1 fully saturated rings. The Bertz CT molecular complexity index is 542. The number of hydrogen-bond acceptors (Lipinski definition) is 4. The molecule has 126 valence electrons. The fourth-order valence-corrected chi connectivity index (χ4v) is 3.41. The molecule has 2 aliphatic carbocycles. The van der Waals surface area contributed by atoms with Gasteiger partial charge in [-0.1, -0.05) is 6.42 Å². The van der Waals surface area contributed by atoms with E-state index in [0.29, 0.717) is 6.42 Å². The van der Waals surface area contributed by atoms with Crippen LogP contribution in [-0.2, 0) is 24.1 Å². The minimum absolute atomic E-state index is 0.155. The molecule has 0 saturated heterocycles. The standard InChI is InChI=1S/C18H28N4O/c1-22(11-5-10-19-15-7-4-8-15)18(23)12-17-16-9-3-2-6-14(16)13-20-21-17/h13,15,19H,2-12H2,1H3. The average Bonchev–Trinajstić information content (AvgIpc) is 2.53. The van der Waals surface area contributed by atoms with Crippen LogP contribution in [0.5, 0.6) is 0 Å². The molecule has 1 N–H and O–H groups in total. The molecule has 3 rings (SSSR count). The summed E-state index contributed by atoms with van der Waals surface area (Å²) in [6.45, 7) is 1.81. The quantitative estimate of drug-likeness (QED) is 0.781. The van der Waals surface area contributed by atoms with E-state index in [4.69, 9.17) is 0 Å². The molecule has 23 heavy (non-hydrogen) atoms. The van der Waals surface area contributed by atoms with Gasteiger partial charge < -0.3 is 10.2 Å². The fourth-order valence-electron chi connectivity index (χ4n) is 3.41. The number of carbonyl (C=O) groups is 1. The van der Waals surface area contributed by atoms with E-state index >= 15 is 0 Å². The van der Waals surface area contributed by atoms with E-state index in [1.807, 2.05) is 18.1 Å². The maximum atomic E-state index is 12.4. The second kappa shape index (κ2) is 7.86. The van der Waals surface area contributed by atoms with Crippen LogP contribution in [0.1, 0.15) is 55.3 Å². The van der Waals surface area contributed by atoms with Gasteiger partial charge in [0.15, 0.2) is 0 Å². The van der Waals surface area contributed by atoms with Gasteiger partial charge in [0.1, 0.15) is 0 Å². The van der Waals surface area contributed by atoms with Crippen molar-refractivity contribution >= 4 is 5.91 Å². The van der Waals surface area contributed by atoms with Crippen LogP contribution in [0.3, 0.4) is 0 Å². The number of fused-ring (bicyclic) bond motifs is 1. The maximum absolute atomic E-state index is 12.4. The number of aromatic nitrogens is 2. The summed E-state index contributed by atoms with van der Waals surface area (Å²) in [5.41, 5.74) is 3.47. The van der Waals surface area contributed by atoms with Gasteiger partial charge in [0.05, 0.1) is 18.3 Å². The Kier molecular flexibility index (Phi) is 5.60. The lowest BCUT2D eigenvalue weighted by atomic mass is 9.91. The van der Waals surface area contributed by atoms with Gasteiger partial charge in [0.25, 0.3) is 0 Å². The first-order valence-corrected chi connectivity index (χ1v) is 9.03. The molecule has 0 aromatic carbocycles. The molecule has 1 amide bonds. The first-order valence-electron chi connectivity index (χ1n) is 9.03. The van der Waals surface area contributed by atoms with Crippen molar-refractivity contribution < 1.29 is 4.79 Å². The number of carbonyl (C=O) groups excluding carboxylic acids is 1. The third-order valence-electron chi connectivity index (χ3n) is 5.20. The maximum Gasteiger partial charge on any atom is 0.228 e. The second-order valence-electron chi connectivity index (χ2n) is 6.93. The average molecular weight is 316 g/mol. The Hall–Kier alpha value is -1.49. The summed E-state index contributed by atoms with van der Waals surface area (Å²) >= 11 is 0. The number of aryl methyl sites for hydroxylation is 1. The number of likely N-dealkylation sites (N-methyl/N-ethyl adjacent to an activating group) is 1. The minimum Gasteiger partial charge on any atom is -0.345 e. The van der Waals surface area contributed by atoms with Gasteiger partial charge in [-0.15, -0.1) is 0 Å². The molecule has 0 atom stereocenters. The molecule has 1 aromatic heterocycles. The monoisotopic (exact) mass is 316 g/mol. The molecule has 1 heterocycles. The molecule has 0 aliphatic heterocycles. The van der Waals surface area contributed by atoms with Gasteiger partial charge in [-0.3, -0.25) is 4.79 Å². The number of nitrogens with one attached hydrogen (secondary N) is 1. The summed E-state index contributed by atoms with van der Waals surface area (Å²) in [6, 6.07) is 0.724. The normalized spacial score (nSPS) is 17.4. The highest BCUT2D eigenvalue weighted by Gasteiger charge is 2.19. The molecular formula is C18H28N4O. The number of rotatable bonds is 7. The zero-order valence-corrected chi connectivity index (χ0v) is 14.2. The number of nitrogens with zero attached hydrogens (tertiary/aromatic N) is 3. The van der Waals surface area contributed by atoms with Crippen molar-refractivity contribution in [2.75, 3.05) is 20.1 Å². The summed E-state index contributed by atoms with van der Waals surface area (Å²) in [5.74, 6) is 0.155. The minimum atomic E-state index is 0.155. The van der Waals surface area contributed by atoms with E-state index in [9.17, 15) is 4.79 Å². The Morgan fingerprint density at radius 2 is 2.13 bits per heavy atom. The van der Waals surface area contributed by atoms with Gasteiger partial charge in [0.2, 0.25) is 5.91 Å². The summed E-state index contributed by atoms with van der Waals surface area (Å²) < 4.78 is 0. The van der Waals surface area contributed by atoms with Crippen LogP contribution in [0.4, 0.5) is 0 Å². The molecule has 1 saturated carbocycles. The Balaban J connectivity index is 1.46. The lowest BCUT2D eigenvalue weighted by Crippen LogP contribution is -2.37. The first kappa shape index (κ1) is 16.4. The SMILES string of the molecule is CN(CCCNC1CCC1)C(=O)Cc1nncc2c1CCCC2. The second-order valence-corrected chi connectivity index (χ2v) is 6.93. The van der Waals surface area contributed by atoms with Crippen LogP contribution in [0.15, 0.2) is 6.20 Å². The largest absolute Gasteiger partial charge is 0.345 e. The molecular weight excluding hydrogens is 288 g/mol. The van der Waals surface area contributed by atoms with Crippen molar-refractivity contribution in [2.24, 2.45) is 0 Å². The molecule has 5 heteroatoms. The highest BCUT2D eigenvalue weighted by Crippen LogP contribution is 2.22. The molecule has 0 bridgehead atoms. The van der Waals surface area contributed by atoms with Crippen molar-refractivity contribution in [1.82, 2.24) is 20.4 Å². The van der Waals surface area contributed by atoms with E-state index in [1.165, 1.54) is 43.2 Å². The van der Waals surface area contributed by atoms with Crippen LogP contribution < -0.4 is 5.32 Å². The van der Waals surface area contributed by atoms with Crippen LogP contribution in [0.2, 0.25) is 0 Å². The van der Waals surface area contributed by atoms with Crippen molar-refractivity contribution in [3.8, 4) is 0 Å². The third-order valence-corrected chi connectivity index (χ3v) is 5.20. The van der Waals surface area contributed by atoms with Crippen molar-refractivity contribution in [1.29, 1.82) is 0 Å². The van der Waals surface area contributed by atoms with Crippen molar-refractivity contribution in [2.45, 2.75) is 63.8 Å². The predicted octanol–water partition coefficient (Wildman–Crippen LogP) is 1.89. The molecule has 1 aromatic rings. The Labute approximate surface area is 138 Å². The molecule has 2 aliphatic rings. The topological polar surface area (TPSA) is 58.1 Å². The molecule has 5 nitrogen and oxygen atoms in total. The fraction of sp³-hybridized carbons (Fsp3) is 0.722. The van der Waals surface area contributed by atoms with E-state index < -0.39 is 0 Å². The van der Waals surface area contributed by atoms with Crippen LogP contribution in [0.25, 0.3) is 0 Å². The van der Waals surface area contributed by atoms with E-state index in [0.717, 1.165) is 44.1 Å². The van der Waals surface area contributed by atoms with Crippen LogP contribution in [-0.4, -0.2) is 47.2 Å².